The molecule has 8 nitrogen and oxygen atoms in total. The molecular formula is C29H22ClN3O5S2. The van der Waals surface area contributed by atoms with E-state index in [1.165, 1.54) is 16.7 Å². The van der Waals surface area contributed by atoms with E-state index < -0.39 is 17.1 Å². The van der Waals surface area contributed by atoms with Gasteiger partial charge in [-0.15, -0.1) is 0 Å². The Bertz CT molecular complexity index is 1680. The molecule has 3 aromatic carbocycles. The van der Waals surface area contributed by atoms with Crippen molar-refractivity contribution in [3.63, 3.8) is 0 Å². The third-order valence-corrected chi connectivity index (χ3v) is 9.51. The number of aromatic nitrogens is 1. The molecule has 2 aliphatic rings. The van der Waals surface area contributed by atoms with E-state index in [1.807, 2.05) is 37.3 Å². The first-order chi connectivity index (χ1) is 19.3. The predicted molar refractivity (Wildman–Crippen MR) is 156 cm³/mol. The molecular weight excluding hydrogens is 570 g/mol. The minimum absolute atomic E-state index is 0.263. The standard InChI is InChI=1S/C29H22ClN3O5S2/c1-15-6-10-17(11-7-15)31-21(34)14-38-20-5-3-2-4-19(20)22-23-25(39-26-24(22)40-29(37)32-26)28(36)33(27(23)35)18-12-8-16(30)9-13-18/h2-13,22-23,25H,14H2,1H3,(H,31,34)(H,32,37)/t22-,23-,25+/m0/s1. The summed E-state index contributed by atoms with van der Waals surface area (Å²) in [6.07, 6.45) is 0. The lowest BCUT2D eigenvalue weighted by atomic mass is 9.82. The Labute approximate surface area is 242 Å². The summed E-state index contributed by atoms with van der Waals surface area (Å²) in [5, 5.41) is 3.12. The summed E-state index contributed by atoms with van der Waals surface area (Å²) in [6.45, 7) is 1.70. The third-order valence-electron chi connectivity index (χ3n) is 6.86. The molecule has 0 bridgehead atoms. The second kappa shape index (κ2) is 10.6. The van der Waals surface area contributed by atoms with Crippen LogP contribution in [0.3, 0.4) is 0 Å². The SMILES string of the molecule is Cc1ccc(NC(=O)COc2ccccc2[C@@H]2c3sc(=O)[nH]c3S[C@H]3C(=O)N(c4ccc(Cl)cc4)C(=O)[C@@H]23)cc1. The van der Waals surface area contributed by atoms with E-state index in [0.717, 1.165) is 16.9 Å². The highest BCUT2D eigenvalue weighted by atomic mass is 35.5. The van der Waals surface area contributed by atoms with Crippen molar-refractivity contribution in [2.75, 3.05) is 16.8 Å². The van der Waals surface area contributed by atoms with Crippen LogP contribution >= 0.6 is 34.7 Å². The summed E-state index contributed by atoms with van der Waals surface area (Å²) in [4.78, 5) is 57.0. The molecule has 0 aliphatic carbocycles. The molecule has 40 heavy (non-hydrogen) atoms. The van der Waals surface area contributed by atoms with Gasteiger partial charge in [0.1, 0.15) is 11.0 Å². The number of anilines is 2. The molecule has 3 heterocycles. The highest BCUT2D eigenvalue weighted by molar-refractivity contribution is 8.00. The zero-order chi connectivity index (χ0) is 28.0. The molecule has 11 heteroatoms. The predicted octanol–water partition coefficient (Wildman–Crippen LogP) is 5.21. The lowest BCUT2D eigenvalue weighted by Crippen LogP contribution is -2.32. The largest absolute Gasteiger partial charge is 0.483 e. The van der Waals surface area contributed by atoms with Gasteiger partial charge in [-0.05, 0) is 49.4 Å². The number of thiazole rings is 1. The third kappa shape index (κ3) is 4.83. The molecule has 0 saturated carbocycles. The number of benzene rings is 3. The average molecular weight is 592 g/mol. The van der Waals surface area contributed by atoms with Crippen LogP contribution in [0.5, 0.6) is 5.75 Å². The van der Waals surface area contributed by atoms with E-state index in [2.05, 4.69) is 10.3 Å². The van der Waals surface area contributed by atoms with Gasteiger partial charge in [0.25, 0.3) is 5.91 Å². The van der Waals surface area contributed by atoms with Crippen LogP contribution in [0.15, 0.2) is 82.6 Å². The lowest BCUT2D eigenvalue weighted by molar-refractivity contribution is -0.122. The van der Waals surface area contributed by atoms with Crippen molar-refractivity contribution in [3.05, 3.63) is 103 Å². The van der Waals surface area contributed by atoms with Crippen LogP contribution in [0.4, 0.5) is 11.4 Å². The molecule has 2 N–H and O–H groups in total. The van der Waals surface area contributed by atoms with Crippen LogP contribution in [0.1, 0.15) is 21.9 Å². The number of fused-ring (bicyclic) bond motifs is 2. The van der Waals surface area contributed by atoms with Gasteiger partial charge in [0.2, 0.25) is 11.8 Å². The number of halogens is 1. The van der Waals surface area contributed by atoms with Crippen molar-refractivity contribution in [1.29, 1.82) is 0 Å². The number of hydrogen-bond acceptors (Lipinski definition) is 7. The fraction of sp³-hybridized carbons (Fsp3) is 0.172. The van der Waals surface area contributed by atoms with Crippen molar-refractivity contribution >= 4 is 63.8 Å². The van der Waals surface area contributed by atoms with Gasteiger partial charge < -0.3 is 15.0 Å². The number of ether oxygens (including phenoxy) is 1. The molecule has 0 radical (unpaired) electrons. The number of aromatic amines is 1. The Hall–Kier alpha value is -3.86. The molecule has 1 saturated heterocycles. The fourth-order valence-electron chi connectivity index (χ4n) is 5.04. The van der Waals surface area contributed by atoms with Crippen LogP contribution in [-0.4, -0.2) is 34.6 Å². The van der Waals surface area contributed by atoms with Gasteiger partial charge in [0, 0.05) is 27.1 Å². The van der Waals surface area contributed by atoms with Gasteiger partial charge in [0.15, 0.2) is 6.61 Å². The first-order valence-electron chi connectivity index (χ1n) is 12.4. The smallest absolute Gasteiger partial charge is 0.305 e. The fourth-order valence-corrected chi connectivity index (χ4v) is 7.68. The van der Waals surface area contributed by atoms with Gasteiger partial charge in [-0.3, -0.25) is 19.2 Å². The van der Waals surface area contributed by atoms with E-state index in [9.17, 15) is 19.2 Å². The van der Waals surface area contributed by atoms with Crippen LogP contribution in [0.2, 0.25) is 5.02 Å². The number of carbonyl (C=O) groups is 3. The number of nitrogens with zero attached hydrogens (tertiary/aromatic N) is 1. The quantitative estimate of drug-likeness (QED) is 0.298. The molecule has 4 aromatic rings. The van der Waals surface area contributed by atoms with Gasteiger partial charge in [0.05, 0.1) is 16.6 Å². The van der Waals surface area contributed by atoms with Crippen LogP contribution in [0.25, 0.3) is 0 Å². The lowest BCUT2D eigenvalue weighted by Gasteiger charge is -2.30. The summed E-state index contributed by atoms with van der Waals surface area (Å²) in [5.74, 6) is -2.08. The Morgan fingerprint density at radius 2 is 1.73 bits per heavy atom. The number of H-pyrrole nitrogens is 1. The number of imide groups is 1. The maximum atomic E-state index is 13.9. The van der Waals surface area contributed by atoms with Gasteiger partial charge in [-0.2, -0.15) is 0 Å². The number of hydrogen-bond donors (Lipinski definition) is 2. The first-order valence-corrected chi connectivity index (χ1v) is 14.5. The Morgan fingerprint density at radius 3 is 2.48 bits per heavy atom. The molecule has 0 unspecified atom stereocenters. The van der Waals surface area contributed by atoms with E-state index in [0.29, 0.717) is 37.6 Å². The van der Waals surface area contributed by atoms with E-state index in [1.54, 1.807) is 42.5 Å². The monoisotopic (exact) mass is 591 g/mol. The minimum Gasteiger partial charge on any atom is -0.483 e. The van der Waals surface area contributed by atoms with Crippen molar-refractivity contribution in [3.8, 4) is 5.75 Å². The van der Waals surface area contributed by atoms with E-state index >= 15 is 0 Å². The second-order valence-electron chi connectivity index (χ2n) is 9.48. The summed E-state index contributed by atoms with van der Waals surface area (Å²) in [7, 11) is 0. The summed E-state index contributed by atoms with van der Waals surface area (Å²) >= 11 is 8.24. The van der Waals surface area contributed by atoms with Gasteiger partial charge in [-0.1, -0.05) is 70.6 Å². The highest BCUT2D eigenvalue weighted by Gasteiger charge is 2.56. The number of nitrogens with one attached hydrogen (secondary N) is 2. The molecule has 1 fully saturated rings. The van der Waals surface area contributed by atoms with Gasteiger partial charge in [-0.25, -0.2) is 4.90 Å². The molecule has 2 aliphatic heterocycles. The molecule has 1 aromatic heterocycles. The molecule has 0 spiro atoms. The molecule has 3 atom stereocenters. The van der Waals surface area contributed by atoms with E-state index in [4.69, 9.17) is 16.3 Å². The topological polar surface area (TPSA) is 109 Å². The normalized spacial score (nSPS) is 19.8. The van der Waals surface area contributed by atoms with Crippen molar-refractivity contribution in [1.82, 2.24) is 4.98 Å². The first kappa shape index (κ1) is 26.4. The molecule has 6 rings (SSSR count). The summed E-state index contributed by atoms with van der Waals surface area (Å²) < 4.78 is 5.98. The number of amides is 3. The van der Waals surface area contributed by atoms with Crippen molar-refractivity contribution in [2.45, 2.75) is 23.1 Å². The van der Waals surface area contributed by atoms with Crippen molar-refractivity contribution in [2.24, 2.45) is 5.92 Å². The highest BCUT2D eigenvalue weighted by Crippen LogP contribution is 2.54. The van der Waals surface area contributed by atoms with Crippen LogP contribution in [0, 0.1) is 12.8 Å². The summed E-state index contributed by atoms with van der Waals surface area (Å²) in [5.41, 5.74) is 2.78. The number of rotatable bonds is 6. The maximum absolute atomic E-state index is 13.9. The van der Waals surface area contributed by atoms with E-state index in [-0.39, 0.29) is 29.2 Å². The number of carbonyl (C=O) groups excluding carboxylic acids is 3. The van der Waals surface area contributed by atoms with Crippen LogP contribution < -0.4 is 19.8 Å². The Balaban J connectivity index is 1.33. The summed E-state index contributed by atoms with van der Waals surface area (Å²) in [6, 6.07) is 21.1. The maximum Gasteiger partial charge on any atom is 0.305 e. The number of thioether (sulfide) groups is 1. The number of aryl methyl sites for hydroxylation is 1. The average Bonchev–Trinajstić information content (AvgIpc) is 3.44. The zero-order valence-electron chi connectivity index (χ0n) is 21.1. The van der Waals surface area contributed by atoms with Crippen molar-refractivity contribution < 1.29 is 19.1 Å². The molecule has 3 amide bonds. The van der Waals surface area contributed by atoms with Crippen LogP contribution in [-0.2, 0) is 14.4 Å². The Morgan fingerprint density at radius 1 is 1.00 bits per heavy atom. The molecule has 202 valence electrons. The van der Waals surface area contributed by atoms with Gasteiger partial charge >= 0.3 is 4.87 Å². The zero-order valence-corrected chi connectivity index (χ0v) is 23.4. The number of para-hydroxylation sites is 1. The Kier molecular flexibility index (Phi) is 6.99. The minimum atomic E-state index is -0.779. The second-order valence-corrected chi connectivity index (χ2v) is 12.1.